The summed E-state index contributed by atoms with van der Waals surface area (Å²) in [7, 11) is -3.65. The van der Waals surface area contributed by atoms with E-state index in [4.69, 9.17) is 4.74 Å². The first-order valence-electron chi connectivity index (χ1n) is 9.22. The Kier molecular flexibility index (Phi) is 6.84. The second kappa shape index (κ2) is 9.17. The summed E-state index contributed by atoms with van der Waals surface area (Å²) < 4.78 is 32.6. The van der Waals surface area contributed by atoms with Crippen molar-refractivity contribution in [2.45, 2.75) is 28.9 Å². The molecule has 0 aliphatic carbocycles. The Balaban J connectivity index is 1.73. The third-order valence-electron chi connectivity index (χ3n) is 4.56. The lowest BCUT2D eigenvalue weighted by molar-refractivity contribution is -0.115. The molecule has 2 N–H and O–H groups in total. The van der Waals surface area contributed by atoms with E-state index in [1.54, 1.807) is 50.2 Å². The Morgan fingerprint density at radius 1 is 1.17 bits per heavy atom. The summed E-state index contributed by atoms with van der Waals surface area (Å²) in [4.78, 5) is 13.6. The van der Waals surface area contributed by atoms with Crippen LogP contribution in [0.25, 0.3) is 0 Å². The molecule has 29 heavy (non-hydrogen) atoms. The Hall–Kier alpha value is -2.07. The van der Waals surface area contributed by atoms with Gasteiger partial charge in [-0.25, -0.2) is 8.42 Å². The van der Waals surface area contributed by atoms with E-state index in [9.17, 15) is 18.3 Å². The normalized spacial score (nSPS) is 16.3. The number of benzene rings is 2. The van der Waals surface area contributed by atoms with Crippen LogP contribution in [0.1, 0.15) is 12.5 Å². The Morgan fingerprint density at radius 3 is 2.48 bits per heavy atom. The molecule has 1 aliphatic rings. The van der Waals surface area contributed by atoms with Crippen LogP contribution in [0, 0.1) is 6.92 Å². The fraction of sp³-hybridized carbons (Fsp3) is 0.350. The number of amides is 1. The van der Waals surface area contributed by atoms with E-state index >= 15 is 0 Å². The second-order valence-electron chi connectivity index (χ2n) is 6.74. The van der Waals surface area contributed by atoms with Crippen molar-refractivity contribution in [1.82, 2.24) is 4.31 Å². The molecule has 3 rings (SSSR count). The van der Waals surface area contributed by atoms with Gasteiger partial charge in [0.15, 0.2) is 0 Å². The molecule has 156 valence electrons. The van der Waals surface area contributed by atoms with Gasteiger partial charge in [-0.3, -0.25) is 4.79 Å². The molecule has 2 aromatic carbocycles. The molecule has 1 atom stereocenters. The van der Waals surface area contributed by atoms with Crippen LogP contribution in [-0.4, -0.2) is 55.3 Å². The molecule has 0 saturated carbocycles. The number of sulfonamides is 1. The molecule has 1 heterocycles. The van der Waals surface area contributed by atoms with Crippen LogP contribution in [0.5, 0.6) is 5.75 Å². The van der Waals surface area contributed by atoms with Crippen LogP contribution >= 0.6 is 11.8 Å². The molecule has 0 bridgehead atoms. The van der Waals surface area contributed by atoms with Gasteiger partial charge >= 0.3 is 0 Å². The lowest BCUT2D eigenvalue weighted by atomic mass is 10.2. The summed E-state index contributed by atoms with van der Waals surface area (Å²) in [6.45, 7) is 4.90. The van der Waals surface area contributed by atoms with Gasteiger partial charge in [0.05, 0.1) is 23.4 Å². The number of anilines is 1. The number of rotatable bonds is 6. The number of carbonyl (C=O) groups is 1. The quantitative estimate of drug-likeness (QED) is 0.676. The standard InChI is InChI=1S/C20H24N2O5S2/c1-14-3-4-16(13-19(14)29(25,26)22-9-11-27-12-10-22)21-20(24)15(2)28-18-7-5-17(23)6-8-18/h3-8,13,15,23H,9-12H2,1-2H3,(H,21,24). The molecular formula is C20H24N2O5S2. The molecule has 1 unspecified atom stereocenters. The van der Waals surface area contributed by atoms with Gasteiger partial charge in [-0.15, -0.1) is 11.8 Å². The lowest BCUT2D eigenvalue weighted by Crippen LogP contribution is -2.40. The topological polar surface area (TPSA) is 95.9 Å². The molecule has 0 spiro atoms. The Morgan fingerprint density at radius 2 is 1.83 bits per heavy atom. The minimum Gasteiger partial charge on any atom is -0.508 e. The zero-order chi connectivity index (χ0) is 21.0. The van der Waals surface area contributed by atoms with Crippen molar-refractivity contribution in [2.75, 3.05) is 31.6 Å². The van der Waals surface area contributed by atoms with Crippen molar-refractivity contribution in [3.63, 3.8) is 0 Å². The van der Waals surface area contributed by atoms with Gasteiger partial charge in [-0.05, 0) is 55.8 Å². The van der Waals surface area contributed by atoms with Crippen molar-refractivity contribution in [1.29, 1.82) is 0 Å². The average Bonchev–Trinajstić information content (AvgIpc) is 2.71. The van der Waals surface area contributed by atoms with Crippen LogP contribution in [-0.2, 0) is 19.6 Å². The molecule has 2 aromatic rings. The molecule has 1 aliphatic heterocycles. The maximum Gasteiger partial charge on any atom is 0.243 e. The number of morpholine rings is 1. The first kappa shape index (κ1) is 21.6. The number of hydrogen-bond acceptors (Lipinski definition) is 6. The number of carbonyl (C=O) groups excluding carboxylic acids is 1. The van der Waals surface area contributed by atoms with Gasteiger partial charge in [-0.2, -0.15) is 4.31 Å². The van der Waals surface area contributed by atoms with E-state index < -0.39 is 15.3 Å². The van der Waals surface area contributed by atoms with E-state index in [2.05, 4.69) is 5.32 Å². The first-order chi connectivity index (χ1) is 13.8. The van der Waals surface area contributed by atoms with E-state index in [1.807, 2.05) is 0 Å². The number of thioether (sulfide) groups is 1. The van der Waals surface area contributed by atoms with Gasteiger partial charge in [-0.1, -0.05) is 6.07 Å². The highest BCUT2D eigenvalue weighted by Crippen LogP contribution is 2.27. The highest BCUT2D eigenvalue weighted by molar-refractivity contribution is 8.00. The van der Waals surface area contributed by atoms with Gasteiger partial charge < -0.3 is 15.2 Å². The summed E-state index contributed by atoms with van der Waals surface area (Å²) in [5, 5.41) is 11.8. The zero-order valence-corrected chi connectivity index (χ0v) is 17.9. The minimum atomic E-state index is -3.65. The SMILES string of the molecule is Cc1ccc(NC(=O)C(C)Sc2ccc(O)cc2)cc1S(=O)(=O)N1CCOCC1. The van der Waals surface area contributed by atoms with Gasteiger partial charge in [0.1, 0.15) is 5.75 Å². The molecule has 1 amide bonds. The maximum atomic E-state index is 13.0. The van der Waals surface area contributed by atoms with Crippen LogP contribution < -0.4 is 5.32 Å². The number of nitrogens with one attached hydrogen (secondary N) is 1. The van der Waals surface area contributed by atoms with Crippen LogP contribution in [0.15, 0.2) is 52.3 Å². The van der Waals surface area contributed by atoms with Crippen LogP contribution in [0.3, 0.4) is 0 Å². The molecule has 0 aromatic heterocycles. The van der Waals surface area contributed by atoms with E-state index in [0.29, 0.717) is 37.6 Å². The van der Waals surface area contributed by atoms with Gasteiger partial charge in [0, 0.05) is 23.7 Å². The zero-order valence-electron chi connectivity index (χ0n) is 16.3. The fourth-order valence-electron chi connectivity index (χ4n) is 2.91. The average molecular weight is 437 g/mol. The highest BCUT2D eigenvalue weighted by atomic mass is 32.2. The number of phenolic OH excluding ortho intramolecular Hbond substituents is 1. The monoisotopic (exact) mass is 436 g/mol. The number of aryl methyl sites for hydroxylation is 1. The molecule has 7 nitrogen and oxygen atoms in total. The van der Waals surface area contributed by atoms with Gasteiger partial charge in [0.2, 0.25) is 15.9 Å². The van der Waals surface area contributed by atoms with E-state index in [0.717, 1.165) is 4.90 Å². The molecule has 0 radical (unpaired) electrons. The number of aromatic hydroxyl groups is 1. The number of nitrogens with zero attached hydrogens (tertiary/aromatic N) is 1. The van der Waals surface area contributed by atoms with Gasteiger partial charge in [0.25, 0.3) is 0 Å². The largest absolute Gasteiger partial charge is 0.508 e. The molecule has 9 heteroatoms. The van der Waals surface area contributed by atoms with E-state index in [1.165, 1.54) is 22.1 Å². The van der Waals surface area contributed by atoms with Crippen molar-refractivity contribution in [2.24, 2.45) is 0 Å². The maximum absolute atomic E-state index is 13.0. The predicted molar refractivity (Wildman–Crippen MR) is 113 cm³/mol. The Labute approximate surface area is 175 Å². The van der Waals surface area contributed by atoms with Crippen molar-refractivity contribution < 1.29 is 23.1 Å². The lowest BCUT2D eigenvalue weighted by Gasteiger charge is -2.27. The Bertz CT molecular complexity index is 971. The summed E-state index contributed by atoms with van der Waals surface area (Å²) >= 11 is 1.35. The van der Waals surface area contributed by atoms with Crippen LogP contribution in [0.4, 0.5) is 5.69 Å². The highest BCUT2D eigenvalue weighted by Gasteiger charge is 2.28. The van der Waals surface area contributed by atoms with E-state index in [-0.39, 0.29) is 16.6 Å². The molecule has 1 saturated heterocycles. The molecule has 1 fully saturated rings. The third kappa shape index (κ3) is 5.30. The summed E-state index contributed by atoms with van der Waals surface area (Å²) in [5.74, 6) is -0.0678. The fourth-order valence-corrected chi connectivity index (χ4v) is 5.43. The third-order valence-corrected chi connectivity index (χ3v) is 7.71. The smallest absolute Gasteiger partial charge is 0.243 e. The van der Waals surface area contributed by atoms with Crippen molar-refractivity contribution >= 4 is 33.4 Å². The number of ether oxygens (including phenoxy) is 1. The summed E-state index contributed by atoms with van der Waals surface area (Å²) in [6, 6.07) is 11.5. The van der Waals surface area contributed by atoms with Crippen LogP contribution in [0.2, 0.25) is 0 Å². The number of hydrogen-bond donors (Lipinski definition) is 2. The predicted octanol–water partition coefficient (Wildman–Crippen LogP) is 2.84. The second-order valence-corrected chi connectivity index (χ2v) is 10.1. The van der Waals surface area contributed by atoms with Crippen molar-refractivity contribution in [3.05, 3.63) is 48.0 Å². The minimum absolute atomic E-state index is 0.167. The first-order valence-corrected chi connectivity index (χ1v) is 11.5. The molecular weight excluding hydrogens is 412 g/mol. The summed E-state index contributed by atoms with van der Waals surface area (Å²) in [5.41, 5.74) is 1.06. The number of phenols is 1. The summed E-state index contributed by atoms with van der Waals surface area (Å²) in [6.07, 6.45) is 0. The van der Waals surface area contributed by atoms with Crippen molar-refractivity contribution in [3.8, 4) is 5.75 Å².